The number of amides is 2. The molecular formula is C26H33N3O8S. The summed E-state index contributed by atoms with van der Waals surface area (Å²) in [5, 5.41) is 12.7. The van der Waals surface area contributed by atoms with Crippen molar-refractivity contribution in [2.45, 2.75) is 29.9 Å². The van der Waals surface area contributed by atoms with Crippen LogP contribution in [-0.4, -0.2) is 94.1 Å². The first-order valence-corrected chi connectivity index (χ1v) is 13.9. The van der Waals surface area contributed by atoms with Gasteiger partial charge in [-0.3, -0.25) is 23.6 Å². The molecule has 0 unspecified atom stereocenters. The number of esters is 1. The van der Waals surface area contributed by atoms with Gasteiger partial charge in [-0.15, -0.1) is 0 Å². The number of benzene rings is 2. The topological polar surface area (TPSA) is 149 Å². The predicted molar refractivity (Wildman–Crippen MR) is 141 cm³/mol. The van der Waals surface area contributed by atoms with Crippen LogP contribution in [0.2, 0.25) is 0 Å². The second-order valence-corrected chi connectivity index (χ2v) is 11.6. The van der Waals surface area contributed by atoms with Crippen LogP contribution in [0.25, 0.3) is 0 Å². The van der Waals surface area contributed by atoms with E-state index in [9.17, 15) is 28.6 Å². The number of anilines is 1. The van der Waals surface area contributed by atoms with E-state index in [1.807, 2.05) is 6.07 Å². The molecule has 2 atom stereocenters. The van der Waals surface area contributed by atoms with Crippen LogP contribution < -0.4 is 10.1 Å². The number of β-amino-alcohol motifs (C(OH)–C–C–N with tert-alkyl or cyclic N) is 1. The average molecular weight is 548 g/mol. The van der Waals surface area contributed by atoms with E-state index in [1.165, 1.54) is 13.2 Å². The fourth-order valence-corrected chi connectivity index (χ4v) is 6.02. The largest absolute Gasteiger partial charge is 0.482 e. The van der Waals surface area contributed by atoms with Crippen molar-refractivity contribution in [1.82, 2.24) is 9.80 Å². The molecule has 2 aromatic carbocycles. The zero-order chi connectivity index (χ0) is 27.4. The van der Waals surface area contributed by atoms with Crippen LogP contribution in [0, 0.1) is 0 Å². The van der Waals surface area contributed by atoms with Gasteiger partial charge in [0.1, 0.15) is 11.5 Å². The minimum absolute atomic E-state index is 0.0243. The Bertz CT molecular complexity index is 1210. The number of carbonyl (C=O) groups is 3. The lowest BCUT2D eigenvalue weighted by Crippen LogP contribution is -2.39. The summed E-state index contributed by atoms with van der Waals surface area (Å²) in [4.78, 5) is 40.8. The van der Waals surface area contributed by atoms with E-state index in [1.54, 1.807) is 42.3 Å². The third-order valence-electron chi connectivity index (χ3n) is 6.72. The Kier molecular flexibility index (Phi) is 8.58. The Labute approximate surface area is 222 Å². The number of hydrogen-bond donors (Lipinski definition) is 4. The van der Waals surface area contributed by atoms with Crippen molar-refractivity contribution < 1.29 is 38.1 Å². The molecule has 0 aliphatic carbocycles. The molecule has 0 saturated carbocycles. The van der Waals surface area contributed by atoms with Crippen LogP contribution in [0.5, 0.6) is 5.75 Å². The number of nitrogens with zero attached hydrogens (tertiary/aromatic N) is 2. The molecule has 0 spiro atoms. The number of methoxy groups -OCH3 is 1. The summed E-state index contributed by atoms with van der Waals surface area (Å²) in [6.45, 7) is 1.46. The fourth-order valence-electron chi connectivity index (χ4n) is 4.68. The van der Waals surface area contributed by atoms with Crippen molar-refractivity contribution in [3.8, 4) is 5.75 Å². The fraction of sp³-hybridized carbons (Fsp3) is 0.423. The number of fused-ring (bicyclic) bond motifs is 1. The predicted octanol–water partition coefficient (Wildman–Crippen LogP) is 2.11. The number of hydrogen-bond acceptors (Lipinski definition) is 9. The van der Waals surface area contributed by atoms with Crippen molar-refractivity contribution >= 4 is 34.1 Å². The molecule has 0 bridgehead atoms. The van der Waals surface area contributed by atoms with Gasteiger partial charge >= 0.3 is 5.97 Å². The summed E-state index contributed by atoms with van der Waals surface area (Å²) in [6, 6.07) is 11.6. The highest BCUT2D eigenvalue weighted by atomic mass is 32.3. The van der Waals surface area contributed by atoms with Gasteiger partial charge in [0.15, 0.2) is 6.61 Å². The average Bonchev–Trinajstić information content (AvgIpc) is 3.29. The molecule has 1 fully saturated rings. The van der Waals surface area contributed by atoms with Crippen molar-refractivity contribution in [3.63, 3.8) is 0 Å². The summed E-state index contributed by atoms with van der Waals surface area (Å²) in [5.41, 5.74) is 1.71. The summed E-state index contributed by atoms with van der Waals surface area (Å²) >= 11 is 0. The van der Waals surface area contributed by atoms with Gasteiger partial charge in [0, 0.05) is 26.7 Å². The number of rotatable bonds is 9. The number of ether oxygens (including phenoxy) is 2. The Morgan fingerprint density at radius 2 is 2.03 bits per heavy atom. The van der Waals surface area contributed by atoms with Gasteiger partial charge in [0.05, 0.1) is 36.3 Å². The maximum absolute atomic E-state index is 13.4. The van der Waals surface area contributed by atoms with Gasteiger partial charge < -0.3 is 24.8 Å². The Hall–Kier alpha value is -3.16. The molecule has 11 nitrogen and oxygen atoms in total. The standard InChI is InChI=1S/C26H33N3O8S/c1-28(25(32)11-17-6-7-23-21(10-17)27-24(31)16-38(23,34)35)22(14-29-9-8-19(30)13-29)18-4-3-5-20(12-18)37-15-26(33)36-2/h3-7,10,12,19,22,30,34-35H,8-9,11,13-16H2,1-2H3,(H,27,31)/t19-,22+/m0/s1. The van der Waals surface area contributed by atoms with E-state index in [2.05, 4.69) is 15.0 Å². The normalized spacial score (nSPS) is 20.1. The Morgan fingerprint density at radius 3 is 2.74 bits per heavy atom. The molecule has 2 aliphatic rings. The molecule has 12 heteroatoms. The molecule has 2 heterocycles. The van der Waals surface area contributed by atoms with Crippen LogP contribution >= 0.6 is 10.6 Å². The number of likely N-dealkylation sites (N-methyl/N-ethyl adjacent to an activating group) is 1. The molecule has 4 rings (SSSR count). The number of carbonyl (C=O) groups excluding carboxylic acids is 3. The first-order chi connectivity index (χ1) is 18.1. The van der Waals surface area contributed by atoms with Gasteiger partial charge in [-0.1, -0.05) is 18.2 Å². The first kappa shape index (κ1) is 27.9. The lowest BCUT2D eigenvalue weighted by molar-refractivity contribution is -0.143. The molecule has 2 aliphatic heterocycles. The van der Waals surface area contributed by atoms with Gasteiger partial charge in [0.25, 0.3) is 0 Å². The molecule has 0 radical (unpaired) electrons. The highest BCUT2D eigenvalue weighted by Gasteiger charge is 2.31. The third-order valence-corrected chi connectivity index (χ3v) is 8.45. The summed E-state index contributed by atoms with van der Waals surface area (Å²) in [5.74, 6) is -1.10. The van der Waals surface area contributed by atoms with Crippen molar-refractivity contribution in [3.05, 3.63) is 53.6 Å². The van der Waals surface area contributed by atoms with Gasteiger partial charge in [0.2, 0.25) is 11.8 Å². The second-order valence-electron chi connectivity index (χ2n) is 9.53. The van der Waals surface area contributed by atoms with E-state index in [4.69, 9.17) is 4.74 Å². The number of aliphatic hydroxyl groups excluding tert-OH is 1. The zero-order valence-corrected chi connectivity index (χ0v) is 22.1. The van der Waals surface area contributed by atoms with E-state index in [0.717, 1.165) is 5.56 Å². The van der Waals surface area contributed by atoms with Crippen LogP contribution in [-0.2, 0) is 25.5 Å². The second kappa shape index (κ2) is 11.7. The molecule has 4 N–H and O–H groups in total. The van der Waals surface area contributed by atoms with Crippen molar-refractivity contribution in [2.75, 3.05) is 51.5 Å². The van der Waals surface area contributed by atoms with E-state index >= 15 is 0 Å². The van der Waals surface area contributed by atoms with Crippen LogP contribution in [0.15, 0.2) is 47.4 Å². The minimum Gasteiger partial charge on any atom is -0.482 e. The van der Waals surface area contributed by atoms with E-state index < -0.39 is 28.6 Å². The summed E-state index contributed by atoms with van der Waals surface area (Å²) in [6.07, 6.45) is 0.271. The van der Waals surface area contributed by atoms with Gasteiger partial charge in [-0.2, -0.15) is 10.6 Å². The van der Waals surface area contributed by atoms with Crippen LogP contribution in [0.1, 0.15) is 23.6 Å². The van der Waals surface area contributed by atoms with Crippen molar-refractivity contribution in [1.29, 1.82) is 0 Å². The maximum Gasteiger partial charge on any atom is 0.343 e. The Balaban J connectivity index is 1.54. The zero-order valence-electron chi connectivity index (χ0n) is 21.3. The molecule has 0 aromatic heterocycles. The molecule has 1 saturated heterocycles. The first-order valence-electron chi connectivity index (χ1n) is 12.2. The maximum atomic E-state index is 13.4. The number of aliphatic hydroxyl groups is 1. The highest BCUT2D eigenvalue weighted by molar-refractivity contribution is 8.25. The van der Waals surface area contributed by atoms with Gasteiger partial charge in [-0.05, 0) is 41.8 Å². The quantitative estimate of drug-likeness (QED) is 0.346. The van der Waals surface area contributed by atoms with Gasteiger partial charge in [-0.25, -0.2) is 4.79 Å². The lowest BCUT2D eigenvalue weighted by atomic mass is 10.0. The third kappa shape index (κ3) is 6.63. The van der Waals surface area contributed by atoms with E-state index in [-0.39, 0.29) is 35.6 Å². The van der Waals surface area contributed by atoms with Crippen LogP contribution in [0.3, 0.4) is 0 Å². The molecular weight excluding hydrogens is 514 g/mol. The van der Waals surface area contributed by atoms with Crippen molar-refractivity contribution in [2.24, 2.45) is 0 Å². The molecule has 38 heavy (non-hydrogen) atoms. The number of likely N-dealkylation sites (tertiary alicyclic amines) is 1. The molecule has 2 aromatic rings. The SMILES string of the molecule is COC(=O)COc1cccc([C@@H](CN2CC[C@H](O)C2)N(C)C(=O)Cc2ccc3c(c2)NC(=O)CS3(O)O)c1. The highest BCUT2D eigenvalue weighted by Crippen LogP contribution is 2.53. The Morgan fingerprint density at radius 1 is 1.24 bits per heavy atom. The lowest BCUT2D eigenvalue weighted by Gasteiger charge is -2.37. The minimum atomic E-state index is -3.21. The summed E-state index contributed by atoms with van der Waals surface area (Å²) < 4.78 is 30.7. The number of nitrogens with one attached hydrogen (secondary N) is 1. The smallest absolute Gasteiger partial charge is 0.343 e. The monoisotopic (exact) mass is 547 g/mol. The molecule has 206 valence electrons. The molecule has 2 amide bonds. The van der Waals surface area contributed by atoms with E-state index in [0.29, 0.717) is 43.1 Å². The summed E-state index contributed by atoms with van der Waals surface area (Å²) in [7, 11) is -0.221. The van der Waals surface area contributed by atoms with Crippen LogP contribution in [0.4, 0.5) is 5.69 Å².